The summed E-state index contributed by atoms with van der Waals surface area (Å²) in [6.07, 6.45) is 5.64. The molecule has 0 unspecified atom stereocenters. The SMILES string of the molecule is Cc1sc2ncn(C/C=C/c3ccccc3)c(=O)c2c1C. The molecule has 0 aliphatic heterocycles. The Bertz CT molecular complexity index is 860. The van der Waals surface area contributed by atoms with E-state index < -0.39 is 0 Å². The first kappa shape index (κ1) is 13.8. The number of thiophene rings is 1. The van der Waals surface area contributed by atoms with Gasteiger partial charge in [-0.1, -0.05) is 42.5 Å². The number of hydrogen-bond donors (Lipinski definition) is 0. The Morgan fingerprint density at radius 3 is 2.76 bits per heavy atom. The van der Waals surface area contributed by atoms with Gasteiger partial charge in [0.05, 0.1) is 11.7 Å². The summed E-state index contributed by atoms with van der Waals surface area (Å²) in [5.41, 5.74) is 2.22. The summed E-state index contributed by atoms with van der Waals surface area (Å²) in [4.78, 5) is 18.9. The second kappa shape index (κ2) is 5.66. The molecule has 0 saturated heterocycles. The third-order valence-electron chi connectivity index (χ3n) is 3.57. The van der Waals surface area contributed by atoms with Crippen molar-refractivity contribution in [2.75, 3.05) is 0 Å². The Labute approximate surface area is 127 Å². The van der Waals surface area contributed by atoms with Crippen LogP contribution < -0.4 is 5.56 Å². The number of nitrogens with zero attached hydrogens (tertiary/aromatic N) is 2. The summed E-state index contributed by atoms with van der Waals surface area (Å²) in [5.74, 6) is 0. The zero-order chi connectivity index (χ0) is 14.8. The van der Waals surface area contributed by atoms with Crippen molar-refractivity contribution in [1.82, 2.24) is 9.55 Å². The zero-order valence-electron chi connectivity index (χ0n) is 12.0. The van der Waals surface area contributed by atoms with E-state index in [2.05, 4.69) is 4.98 Å². The second-order valence-electron chi connectivity index (χ2n) is 4.98. The average Bonchev–Trinajstić information content (AvgIpc) is 2.78. The van der Waals surface area contributed by atoms with Gasteiger partial charge in [-0.25, -0.2) is 4.98 Å². The van der Waals surface area contributed by atoms with Crippen molar-refractivity contribution >= 4 is 27.6 Å². The molecule has 21 heavy (non-hydrogen) atoms. The second-order valence-corrected chi connectivity index (χ2v) is 6.18. The molecule has 3 aromatic rings. The molecule has 2 heterocycles. The van der Waals surface area contributed by atoms with Crippen molar-refractivity contribution in [3.05, 3.63) is 69.1 Å². The highest BCUT2D eigenvalue weighted by Crippen LogP contribution is 2.25. The molecule has 1 aromatic carbocycles. The van der Waals surface area contributed by atoms with E-state index >= 15 is 0 Å². The lowest BCUT2D eigenvalue weighted by Gasteiger charge is -2.01. The van der Waals surface area contributed by atoms with Crippen LogP contribution in [0.5, 0.6) is 0 Å². The van der Waals surface area contributed by atoms with Crippen molar-refractivity contribution in [1.29, 1.82) is 0 Å². The maximum Gasteiger partial charge on any atom is 0.262 e. The predicted molar refractivity (Wildman–Crippen MR) is 88.8 cm³/mol. The maximum atomic E-state index is 12.5. The fraction of sp³-hybridized carbons (Fsp3) is 0.176. The summed E-state index contributed by atoms with van der Waals surface area (Å²) in [5, 5.41) is 0.758. The Hall–Kier alpha value is -2.20. The van der Waals surface area contributed by atoms with Crippen molar-refractivity contribution in [2.24, 2.45) is 0 Å². The molecular weight excluding hydrogens is 280 g/mol. The van der Waals surface area contributed by atoms with Crippen molar-refractivity contribution in [3.8, 4) is 0 Å². The topological polar surface area (TPSA) is 34.9 Å². The van der Waals surface area contributed by atoms with Crippen LogP contribution in [0.3, 0.4) is 0 Å². The molecule has 106 valence electrons. The molecule has 0 fully saturated rings. The lowest BCUT2D eigenvalue weighted by Crippen LogP contribution is -2.19. The molecule has 0 aliphatic carbocycles. The summed E-state index contributed by atoms with van der Waals surface area (Å²) in [6, 6.07) is 10.1. The lowest BCUT2D eigenvalue weighted by atomic mass is 10.2. The van der Waals surface area contributed by atoms with Gasteiger partial charge in [0.15, 0.2) is 0 Å². The Kier molecular flexibility index (Phi) is 3.71. The van der Waals surface area contributed by atoms with Gasteiger partial charge in [0, 0.05) is 11.4 Å². The molecule has 2 aromatic heterocycles. The molecule has 0 spiro atoms. The predicted octanol–water partition coefficient (Wildman–Crippen LogP) is 3.79. The van der Waals surface area contributed by atoms with Gasteiger partial charge in [-0.05, 0) is 25.0 Å². The lowest BCUT2D eigenvalue weighted by molar-refractivity contribution is 0.769. The normalized spacial score (nSPS) is 11.5. The molecule has 0 amide bonds. The number of aromatic nitrogens is 2. The quantitative estimate of drug-likeness (QED) is 0.737. The van der Waals surface area contributed by atoms with Gasteiger partial charge in [-0.2, -0.15) is 0 Å². The van der Waals surface area contributed by atoms with E-state index in [1.807, 2.05) is 56.3 Å². The van der Waals surface area contributed by atoms with E-state index in [0.717, 1.165) is 26.2 Å². The minimum atomic E-state index is 0.0413. The number of rotatable bonds is 3. The van der Waals surface area contributed by atoms with Crippen molar-refractivity contribution in [2.45, 2.75) is 20.4 Å². The largest absolute Gasteiger partial charge is 0.295 e. The van der Waals surface area contributed by atoms with E-state index in [-0.39, 0.29) is 5.56 Å². The van der Waals surface area contributed by atoms with Crippen LogP contribution in [0.2, 0.25) is 0 Å². The smallest absolute Gasteiger partial charge is 0.262 e. The third-order valence-corrected chi connectivity index (χ3v) is 4.68. The maximum absolute atomic E-state index is 12.5. The summed E-state index contributed by atoms with van der Waals surface area (Å²) < 4.78 is 1.65. The molecule has 4 heteroatoms. The number of aryl methyl sites for hydroxylation is 2. The first-order valence-corrected chi connectivity index (χ1v) is 7.65. The summed E-state index contributed by atoms with van der Waals surface area (Å²) in [7, 11) is 0. The Balaban J connectivity index is 1.91. The molecule has 0 bridgehead atoms. The number of fused-ring (bicyclic) bond motifs is 1. The van der Waals surface area contributed by atoms with Gasteiger partial charge in [0.25, 0.3) is 5.56 Å². The van der Waals surface area contributed by atoms with Gasteiger partial charge >= 0.3 is 0 Å². The minimum Gasteiger partial charge on any atom is -0.295 e. The van der Waals surface area contributed by atoms with Gasteiger partial charge in [-0.3, -0.25) is 9.36 Å². The molecular formula is C17H16N2OS. The van der Waals surface area contributed by atoms with Crippen LogP contribution in [0, 0.1) is 13.8 Å². The molecule has 3 rings (SSSR count). The average molecular weight is 296 g/mol. The van der Waals surface area contributed by atoms with Crippen molar-refractivity contribution < 1.29 is 0 Å². The van der Waals surface area contributed by atoms with Gasteiger partial charge in [0.2, 0.25) is 0 Å². The van der Waals surface area contributed by atoms with Gasteiger partial charge in [-0.15, -0.1) is 11.3 Å². The van der Waals surface area contributed by atoms with E-state index in [9.17, 15) is 4.79 Å². The monoisotopic (exact) mass is 296 g/mol. The number of allylic oxidation sites excluding steroid dienone is 1. The van der Waals surface area contributed by atoms with Crippen LogP contribution in [0.1, 0.15) is 16.0 Å². The molecule has 0 radical (unpaired) electrons. The standard InChI is InChI=1S/C17H16N2OS/c1-12-13(2)21-16-15(12)17(20)19(11-18-16)10-6-9-14-7-4-3-5-8-14/h3-9,11H,10H2,1-2H3/b9-6+. The van der Waals surface area contributed by atoms with Crippen LogP contribution in [-0.2, 0) is 6.54 Å². The van der Waals surface area contributed by atoms with E-state index in [0.29, 0.717) is 6.54 Å². The van der Waals surface area contributed by atoms with E-state index in [1.54, 1.807) is 22.2 Å². The van der Waals surface area contributed by atoms with Crippen LogP contribution >= 0.6 is 11.3 Å². The minimum absolute atomic E-state index is 0.0413. The number of hydrogen-bond acceptors (Lipinski definition) is 3. The highest BCUT2D eigenvalue weighted by Gasteiger charge is 2.11. The fourth-order valence-corrected chi connectivity index (χ4v) is 3.25. The first-order valence-electron chi connectivity index (χ1n) is 6.83. The third kappa shape index (κ3) is 2.67. The Morgan fingerprint density at radius 2 is 2.00 bits per heavy atom. The molecule has 0 aliphatic rings. The van der Waals surface area contributed by atoms with E-state index in [4.69, 9.17) is 0 Å². The summed E-state index contributed by atoms with van der Waals surface area (Å²) >= 11 is 1.58. The van der Waals surface area contributed by atoms with Gasteiger partial charge in [0.1, 0.15) is 4.83 Å². The van der Waals surface area contributed by atoms with Crippen LogP contribution in [-0.4, -0.2) is 9.55 Å². The zero-order valence-corrected chi connectivity index (χ0v) is 12.9. The van der Waals surface area contributed by atoms with Crippen molar-refractivity contribution in [3.63, 3.8) is 0 Å². The summed E-state index contributed by atoms with van der Waals surface area (Å²) in [6.45, 7) is 4.55. The van der Waals surface area contributed by atoms with Crippen LogP contribution in [0.25, 0.3) is 16.3 Å². The van der Waals surface area contributed by atoms with Crippen LogP contribution in [0.15, 0.2) is 47.5 Å². The fourth-order valence-electron chi connectivity index (χ4n) is 2.27. The van der Waals surface area contributed by atoms with E-state index in [1.165, 1.54) is 0 Å². The van der Waals surface area contributed by atoms with Crippen LogP contribution in [0.4, 0.5) is 0 Å². The molecule has 3 nitrogen and oxygen atoms in total. The highest BCUT2D eigenvalue weighted by molar-refractivity contribution is 7.18. The molecule has 0 N–H and O–H groups in total. The molecule has 0 atom stereocenters. The number of benzene rings is 1. The Morgan fingerprint density at radius 1 is 1.24 bits per heavy atom. The molecule has 0 saturated carbocycles. The highest BCUT2D eigenvalue weighted by atomic mass is 32.1. The van der Waals surface area contributed by atoms with Gasteiger partial charge < -0.3 is 0 Å². The first-order chi connectivity index (χ1) is 10.2.